The Morgan fingerprint density at radius 3 is 2.14 bits per heavy atom. The summed E-state index contributed by atoms with van der Waals surface area (Å²) < 4.78 is 0. The fraction of sp³-hybridized carbons (Fsp3) is 0.600. The smallest absolute Gasteiger partial charge is 0.264 e. The Balaban J connectivity index is 1.26. The van der Waals surface area contributed by atoms with Gasteiger partial charge < -0.3 is 9.80 Å². The molecule has 0 radical (unpaired) electrons. The van der Waals surface area contributed by atoms with Crippen LogP contribution < -0.4 is 0 Å². The summed E-state index contributed by atoms with van der Waals surface area (Å²) in [7, 11) is 0. The molecule has 3 heterocycles. The number of nitrogens with zero attached hydrogens (tertiary/aromatic N) is 3. The van der Waals surface area contributed by atoms with Crippen LogP contribution in [0.25, 0.3) is 0 Å². The van der Waals surface area contributed by atoms with Gasteiger partial charge >= 0.3 is 0 Å². The molecule has 2 saturated heterocycles. The first-order chi connectivity index (χ1) is 13.6. The van der Waals surface area contributed by atoms with Gasteiger partial charge in [-0.3, -0.25) is 24.1 Å². The Labute approximate surface area is 168 Å². The Hall–Kier alpha value is -2.22. The molecule has 28 heavy (non-hydrogen) atoms. The first kappa shape index (κ1) is 19.1. The molecule has 1 saturated carbocycles. The highest BCUT2D eigenvalue weighted by Crippen LogP contribution is 2.38. The van der Waals surface area contributed by atoms with Crippen LogP contribution in [0.3, 0.4) is 0 Å². The van der Waals surface area contributed by atoms with E-state index in [1.807, 2.05) is 17.5 Å². The molecular formula is C20H25N3O4S. The van der Waals surface area contributed by atoms with Crippen molar-refractivity contribution >= 4 is 35.0 Å². The third-order valence-corrected chi connectivity index (χ3v) is 6.99. The van der Waals surface area contributed by atoms with Crippen molar-refractivity contribution in [1.29, 1.82) is 0 Å². The van der Waals surface area contributed by atoms with Gasteiger partial charge in [-0.25, -0.2) is 0 Å². The predicted molar refractivity (Wildman–Crippen MR) is 104 cm³/mol. The van der Waals surface area contributed by atoms with E-state index in [9.17, 15) is 19.2 Å². The van der Waals surface area contributed by atoms with Gasteiger partial charge in [0.25, 0.3) is 5.91 Å². The van der Waals surface area contributed by atoms with Gasteiger partial charge in [0.05, 0.1) is 16.7 Å². The van der Waals surface area contributed by atoms with Crippen LogP contribution in [0.15, 0.2) is 17.5 Å². The molecule has 0 N–H and O–H groups in total. The second-order valence-electron chi connectivity index (χ2n) is 7.73. The summed E-state index contributed by atoms with van der Waals surface area (Å²) in [6.45, 7) is 2.17. The number of imide groups is 1. The number of thiophene rings is 1. The van der Waals surface area contributed by atoms with Crippen LogP contribution in [-0.2, 0) is 14.4 Å². The molecule has 0 unspecified atom stereocenters. The molecule has 1 aromatic heterocycles. The molecule has 1 aromatic rings. The van der Waals surface area contributed by atoms with E-state index in [-0.39, 0.29) is 48.4 Å². The van der Waals surface area contributed by atoms with Crippen molar-refractivity contribution in [2.45, 2.75) is 32.1 Å². The van der Waals surface area contributed by atoms with Crippen molar-refractivity contribution in [2.75, 3.05) is 32.7 Å². The minimum Gasteiger partial charge on any atom is -0.339 e. The van der Waals surface area contributed by atoms with Gasteiger partial charge in [-0.2, -0.15) is 0 Å². The van der Waals surface area contributed by atoms with Gasteiger partial charge in [0, 0.05) is 39.1 Å². The molecule has 7 nitrogen and oxygen atoms in total. The van der Waals surface area contributed by atoms with Gasteiger partial charge in [0.15, 0.2) is 0 Å². The molecule has 4 amide bonds. The molecular weight excluding hydrogens is 378 g/mol. The van der Waals surface area contributed by atoms with Crippen LogP contribution in [-0.4, -0.2) is 71.1 Å². The number of hydrogen-bond acceptors (Lipinski definition) is 5. The van der Waals surface area contributed by atoms with Crippen molar-refractivity contribution in [3.63, 3.8) is 0 Å². The Bertz CT molecular complexity index is 746. The van der Waals surface area contributed by atoms with E-state index in [0.29, 0.717) is 31.1 Å². The largest absolute Gasteiger partial charge is 0.339 e. The molecule has 0 bridgehead atoms. The van der Waals surface area contributed by atoms with Crippen LogP contribution in [0.5, 0.6) is 0 Å². The van der Waals surface area contributed by atoms with Crippen LogP contribution in [0, 0.1) is 11.8 Å². The van der Waals surface area contributed by atoms with E-state index < -0.39 is 0 Å². The number of carbonyl (C=O) groups is 4. The lowest BCUT2D eigenvalue weighted by atomic mass is 9.81. The van der Waals surface area contributed by atoms with Crippen LogP contribution in [0.4, 0.5) is 0 Å². The summed E-state index contributed by atoms with van der Waals surface area (Å²) >= 11 is 1.42. The zero-order valence-electron chi connectivity index (χ0n) is 15.8. The van der Waals surface area contributed by atoms with Gasteiger partial charge in [-0.1, -0.05) is 18.9 Å². The zero-order chi connectivity index (χ0) is 19.7. The zero-order valence-corrected chi connectivity index (χ0v) is 16.7. The molecule has 4 rings (SSSR count). The highest BCUT2D eigenvalue weighted by atomic mass is 32.1. The molecule has 3 aliphatic rings. The first-order valence-electron chi connectivity index (χ1n) is 10.0. The highest BCUT2D eigenvalue weighted by Gasteiger charge is 2.47. The fourth-order valence-corrected chi connectivity index (χ4v) is 5.22. The average molecular weight is 404 g/mol. The number of carbonyl (C=O) groups excluding carboxylic acids is 4. The number of amides is 4. The van der Waals surface area contributed by atoms with E-state index in [1.165, 1.54) is 16.2 Å². The summed E-state index contributed by atoms with van der Waals surface area (Å²) in [6, 6.07) is 3.67. The van der Waals surface area contributed by atoms with Gasteiger partial charge in [0.2, 0.25) is 17.7 Å². The molecule has 8 heteroatoms. The number of rotatable bonds is 4. The number of fused-ring (bicyclic) bond motifs is 1. The number of piperazine rings is 1. The average Bonchev–Trinajstić information content (AvgIpc) is 3.35. The van der Waals surface area contributed by atoms with Gasteiger partial charge in [-0.05, 0) is 24.3 Å². The van der Waals surface area contributed by atoms with E-state index in [2.05, 4.69) is 0 Å². The Morgan fingerprint density at radius 1 is 0.964 bits per heavy atom. The normalized spacial score (nSPS) is 25.2. The lowest BCUT2D eigenvalue weighted by molar-refractivity contribution is -0.141. The van der Waals surface area contributed by atoms with Gasteiger partial charge in [-0.15, -0.1) is 11.3 Å². The number of hydrogen-bond donors (Lipinski definition) is 0. The van der Waals surface area contributed by atoms with Crippen LogP contribution in [0.2, 0.25) is 0 Å². The maximum Gasteiger partial charge on any atom is 0.264 e. The molecule has 2 aliphatic heterocycles. The topological polar surface area (TPSA) is 78.0 Å². The summed E-state index contributed by atoms with van der Waals surface area (Å²) in [5.74, 6) is -0.550. The van der Waals surface area contributed by atoms with Crippen molar-refractivity contribution in [2.24, 2.45) is 11.8 Å². The maximum atomic E-state index is 12.6. The SMILES string of the molecule is O=C(CCN1C(=O)[C@H]2CCCC[C@@H]2C1=O)N1CCN(C(=O)c2cccs2)CC1. The van der Waals surface area contributed by atoms with E-state index in [0.717, 1.165) is 25.7 Å². The standard InChI is InChI=1S/C20H25N3O4S/c24-17(7-8-23-18(25)14-4-1-2-5-15(14)19(23)26)21-9-11-22(12-10-21)20(27)16-6-3-13-28-16/h3,6,13-15H,1-2,4-5,7-12H2/t14-,15-/m0/s1. The number of likely N-dealkylation sites (tertiary alicyclic amines) is 1. The van der Waals surface area contributed by atoms with E-state index in [1.54, 1.807) is 9.80 Å². The summed E-state index contributed by atoms with van der Waals surface area (Å²) in [6.07, 6.45) is 3.75. The Kier molecular flexibility index (Phi) is 5.48. The minimum absolute atomic E-state index is 0.0120. The first-order valence-corrected chi connectivity index (χ1v) is 10.9. The monoisotopic (exact) mass is 403 g/mol. The molecule has 2 atom stereocenters. The fourth-order valence-electron chi connectivity index (χ4n) is 4.53. The molecule has 3 fully saturated rings. The Morgan fingerprint density at radius 2 is 1.57 bits per heavy atom. The molecule has 0 aromatic carbocycles. The van der Waals surface area contributed by atoms with Crippen molar-refractivity contribution < 1.29 is 19.2 Å². The maximum absolute atomic E-state index is 12.6. The lowest BCUT2D eigenvalue weighted by Gasteiger charge is -2.34. The molecule has 0 spiro atoms. The third kappa shape index (κ3) is 3.57. The second kappa shape index (κ2) is 8.03. The quantitative estimate of drug-likeness (QED) is 0.716. The summed E-state index contributed by atoms with van der Waals surface area (Å²) in [4.78, 5) is 55.5. The minimum atomic E-state index is -0.164. The highest BCUT2D eigenvalue weighted by molar-refractivity contribution is 7.12. The molecule has 1 aliphatic carbocycles. The van der Waals surface area contributed by atoms with Crippen LogP contribution in [0.1, 0.15) is 41.8 Å². The van der Waals surface area contributed by atoms with Gasteiger partial charge in [0.1, 0.15) is 0 Å². The second-order valence-corrected chi connectivity index (χ2v) is 8.67. The molecule has 150 valence electrons. The third-order valence-electron chi connectivity index (χ3n) is 6.13. The van der Waals surface area contributed by atoms with Crippen molar-refractivity contribution in [3.05, 3.63) is 22.4 Å². The summed E-state index contributed by atoms with van der Waals surface area (Å²) in [5.41, 5.74) is 0. The lowest BCUT2D eigenvalue weighted by Crippen LogP contribution is -2.51. The summed E-state index contributed by atoms with van der Waals surface area (Å²) in [5, 5.41) is 1.88. The van der Waals surface area contributed by atoms with Crippen molar-refractivity contribution in [1.82, 2.24) is 14.7 Å². The van der Waals surface area contributed by atoms with Crippen molar-refractivity contribution in [3.8, 4) is 0 Å². The van der Waals surface area contributed by atoms with E-state index in [4.69, 9.17) is 0 Å². The predicted octanol–water partition coefficient (Wildman–Crippen LogP) is 1.60. The van der Waals surface area contributed by atoms with Crippen LogP contribution >= 0.6 is 11.3 Å². The van der Waals surface area contributed by atoms with E-state index >= 15 is 0 Å².